The van der Waals surface area contributed by atoms with Gasteiger partial charge in [0.25, 0.3) is 0 Å². The quantitative estimate of drug-likeness (QED) is 0.672. The molecule has 2 aromatic rings. The summed E-state index contributed by atoms with van der Waals surface area (Å²) in [5.74, 6) is 0.435. The molecule has 0 aliphatic heterocycles. The summed E-state index contributed by atoms with van der Waals surface area (Å²) in [4.78, 5) is 7.93. The Balaban J connectivity index is 2.00. The van der Waals surface area contributed by atoms with Crippen LogP contribution in [0.25, 0.3) is 0 Å². The molecule has 19 heavy (non-hydrogen) atoms. The molecular formula is C13H14FN3OS. The molecule has 1 unspecified atom stereocenters. The predicted molar refractivity (Wildman–Crippen MR) is 72.6 cm³/mol. The van der Waals surface area contributed by atoms with E-state index in [-0.39, 0.29) is 11.8 Å². The van der Waals surface area contributed by atoms with E-state index >= 15 is 0 Å². The van der Waals surface area contributed by atoms with Crippen molar-refractivity contribution in [1.82, 2.24) is 9.97 Å². The highest BCUT2D eigenvalue weighted by Crippen LogP contribution is 2.24. The van der Waals surface area contributed by atoms with E-state index < -0.39 is 5.82 Å². The largest absolute Gasteiger partial charge is 0.494 e. The van der Waals surface area contributed by atoms with Gasteiger partial charge in [-0.05, 0) is 23.8 Å². The fourth-order valence-corrected chi connectivity index (χ4v) is 2.37. The van der Waals surface area contributed by atoms with Crippen LogP contribution in [0, 0.1) is 5.82 Å². The predicted octanol–water partition coefficient (Wildman–Crippen LogP) is 2.42. The van der Waals surface area contributed by atoms with Crippen molar-refractivity contribution in [2.45, 2.75) is 11.1 Å². The topological polar surface area (TPSA) is 61.0 Å². The molecule has 0 saturated heterocycles. The Kier molecular flexibility index (Phi) is 4.70. The van der Waals surface area contributed by atoms with Crippen LogP contribution in [0.15, 0.2) is 41.8 Å². The van der Waals surface area contributed by atoms with Gasteiger partial charge in [-0.3, -0.25) is 0 Å². The highest BCUT2D eigenvalue weighted by molar-refractivity contribution is 7.99. The zero-order chi connectivity index (χ0) is 13.7. The molecule has 1 atom stereocenters. The van der Waals surface area contributed by atoms with Crippen LogP contribution in [0.4, 0.5) is 4.39 Å². The number of methoxy groups -OCH3 is 1. The van der Waals surface area contributed by atoms with Gasteiger partial charge < -0.3 is 10.5 Å². The number of nitrogens with zero attached hydrogens (tertiary/aromatic N) is 2. The summed E-state index contributed by atoms with van der Waals surface area (Å²) in [5.41, 5.74) is 6.77. The van der Waals surface area contributed by atoms with Crippen molar-refractivity contribution in [2.24, 2.45) is 5.73 Å². The second-order valence-corrected chi connectivity index (χ2v) is 4.90. The van der Waals surface area contributed by atoms with Crippen LogP contribution in [0.1, 0.15) is 11.6 Å². The summed E-state index contributed by atoms with van der Waals surface area (Å²) in [6.45, 7) is 0. The van der Waals surface area contributed by atoms with E-state index in [4.69, 9.17) is 10.5 Å². The van der Waals surface area contributed by atoms with Gasteiger partial charge in [0.05, 0.1) is 12.1 Å². The second-order valence-electron chi connectivity index (χ2n) is 3.86. The first-order valence-corrected chi connectivity index (χ1v) is 6.67. The Morgan fingerprint density at radius 1 is 1.42 bits per heavy atom. The van der Waals surface area contributed by atoms with Crippen LogP contribution in [-0.2, 0) is 0 Å². The van der Waals surface area contributed by atoms with Gasteiger partial charge in [-0.1, -0.05) is 6.07 Å². The third-order valence-electron chi connectivity index (χ3n) is 2.57. The zero-order valence-corrected chi connectivity index (χ0v) is 11.2. The van der Waals surface area contributed by atoms with Gasteiger partial charge in [0.1, 0.15) is 6.33 Å². The van der Waals surface area contributed by atoms with Crippen LogP contribution in [0.5, 0.6) is 5.75 Å². The maximum Gasteiger partial charge on any atom is 0.165 e. The molecule has 0 aliphatic carbocycles. The van der Waals surface area contributed by atoms with E-state index in [1.165, 1.54) is 31.3 Å². The Morgan fingerprint density at radius 2 is 2.26 bits per heavy atom. The Hall–Kier alpha value is -1.66. The lowest BCUT2D eigenvalue weighted by Gasteiger charge is -2.12. The number of hydrogen-bond donors (Lipinski definition) is 1. The number of halogens is 1. The van der Waals surface area contributed by atoms with E-state index in [0.29, 0.717) is 5.75 Å². The number of hydrogen-bond acceptors (Lipinski definition) is 5. The van der Waals surface area contributed by atoms with Gasteiger partial charge >= 0.3 is 0 Å². The first-order valence-electron chi connectivity index (χ1n) is 5.68. The average molecular weight is 279 g/mol. The summed E-state index contributed by atoms with van der Waals surface area (Å²) in [5, 5.41) is 0.847. The molecule has 0 radical (unpaired) electrons. The monoisotopic (exact) mass is 279 g/mol. The molecule has 2 rings (SSSR count). The summed E-state index contributed by atoms with van der Waals surface area (Å²) in [6, 6.07) is 6.31. The fourth-order valence-electron chi connectivity index (χ4n) is 1.55. The Labute approximate surface area is 115 Å². The van der Waals surface area contributed by atoms with Crippen molar-refractivity contribution in [3.05, 3.63) is 48.2 Å². The molecule has 2 N–H and O–H groups in total. The SMILES string of the molecule is COc1ccc(C(N)CSc2ccncn2)cc1F. The minimum atomic E-state index is -0.400. The lowest BCUT2D eigenvalue weighted by Crippen LogP contribution is -2.13. The molecule has 1 aromatic heterocycles. The first-order chi connectivity index (χ1) is 9.20. The van der Waals surface area contributed by atoms with Crippen molar-refractivity contribution >= 4 is 11.8 Å². The van der Waals surface area contributed by atoms with E-state index in [1.807, 2.05) is 6.07 Å². The standard InChI is InChI=1S/C13H14FN3OS/c1-18-12-3-2-9(6-10(12)14)11(15)7-19-13-4-5-16-8-17-13/h2-6,8,11H,7,15H2,1H3. The maximum atomic E-state index is 13.6. The number of aromatic nitrogens is 2. The molecule has 0 fully saturated rings. The maximum absolute atomic E-state index is 13.6. The lowest BCUT2D eigenvalue weighted by atomic mass is 10.1. The van der Waals surface area contributed by atoms with E-state index in [2.05, 4.69) is 9.97 Å². The van der Waals surface area contributed by atoms with Crippen LogP contribution >= 0.6 is 11.8 Å². The number of nitrogens with two attached hydrogens (primary N) is 1. The van der Waals surface area contributed by atoms with Crippen molar-refractivity contribution in [2.75, 3.05) is 12.9 Å². The van der Waals surface area contributed by atoms with Crippen molar-refractivity contribution in [1.29, 1.82) is 0 Å². The molecule has 6 heteroatoms. The van der Waals surface area contributed by atoms with E-state index in [1.54, 1.807) is 18.3 Å². The number of ether oxygens (including phenoxy) is 1. The molecule has 1 aromatic carbocycles. The van der Waals surface area contributed by atoms with Crippen LogP contribution in [0.3, 0.4) is 0 Å². The summed E-state index contributed by atoms with van der Waals surface area (Å²) in [7, 11) is 1.43. The third kappa shape index (κ3) is 3.65. The molecule has 0 spiro atoms. The highest BCUT2D eigenvalue weighted by atomic mass is 32.2. The van der Waals surface area contributed by atoms with Crippen LogP contribution < -0.4 is 10.5 Å². The van der Waals surface area contributed by atoms with Crippen LogP contribution in [-0.4, -0.2) is 22.8 Å². The minimum absolute atomic E-state index is 0.222. The molecule has 1 heterocycles. The van der Waals surface area contributed by atoms with Gasteiger partial charge in [-0.15, -0.1) is 11.8 Å². The van der Waals surface area contributed by atoms with Gasteiger partial charge in [0.2, 0.25) is 0 Å². The average Bonchev–Trinajstić information content (AvgIpc) is 2.45. The Morgan fingerprint density at radius 3 is 2.89 bits per heavy atom. The summed E-state index contributed by atoms with van der Waals surface area (Å²) < 4.78 is 18.4. The molecule has 0 bridgehead atoms. The highest BCUT2D eigenvalue weighted by Gasteiger charge is 2.10. The van der Waals surface area contributed by atoms with Crippen molar-refractivity contribution < 1.29 is 9.13 Å². The van der Waals surface area contributed by atoms with E-state index in [9.17, 15) is 4.39 Å². The van der Waals surface area contributed by atoms with Gasteiger partial charge in [0, 0.05) is 18.0 Å². The van der Waals surface area contributed by atoms with Gasteiger partial charge in [0.15, 0.2) is 11.6 Å². The molecule has 100 valence electrons. The summed E-state index contributed by atoms with van der Waals surface area (Å²) in [6.07, 6.45) is 3.16. The van der Waals surface area contributed by atoms with Crippen molar-refractivity contribution in [3.63, 3.8) is 0 Å². The molecule has 0 saturated carbocycles. The molecule has 0 aliphatic rings. The smallest absolute Gasteiger partial charge is 0.165 e. The number of rotatable bonds is 5. The lowest BCUT2D eigenvalue weighted by molar-refractivity contribution is 0.386. The molecular weight excluding hydrogens is 265 g/mol. The van der Waals surface area contributed by atoms with Gasteiger partial charge in [-0.25, -0.2) is 14.4 Å². The van der Waals surface area contributed by atoms with Crippen LogP contribution in [0.2, 0.25) is 0 Å². The Bertz CT molecular complexity index is 539. The third-order valence-corrected chi connectivity index (χ3v) is 3.63. The first kappa shape index (κ1) is 13.8. The number of benzene rings is 1. The van der Waals surface area contributed by atoms with E-state index in [0.717, 1.165) is 10.6 Å². The van der Waals surface area contributed by atoms with Gasteiger partial charge in [-0.2, -0.15) is 0 Å². The minimum Gasteiger partial charge on any atom is -0.494 e. The molecule has 4 nitrogen and oxygen atoms in total. The normalized spacial score (nSPS) is 12.2. The summed E-state index contributed by atoms with van der Waals surface area (Å²) >= 11 is 1.51. The second kappa shape index (κ2) is 6.49. The number of thioether (sulfide) groups is 1. The zero-order valence-electron chi connectivity index (χ0n) is 10.4. The van der Waals surface area contributed by atoms with Crippen molar-refractivity contribution in [3.8, 4) is 5.75 Å². The molecule has 0 amide bonds. The fraction of sp³-hybridized carbons (Fsp3) is 0.231.